The Labute approximate surface area is 129 Å². The number of aromatic nitrogens is 2. The van der Waals surface area contributed by atoms with Crippen LogP contribution in [0.3, 0.4) is 0 Å². The molecule has 1 unspecified atom stereocenters. The second-order valence-electron chi connectivity index (χ2n) is 5.71. The van der Waals surface area contributed by atoms with E-state index in [0.29, 0.717) is 10.7 Å². The van der Waals surface area contributed by atoms with Crippen molar-refractivity contribution in [2.24, 2.45) is 0 Å². The van der Waals surface area contributed by atoms with Crippen molar-refractivity contribution in [1.29, 1.82) is 0 Å². The first-order valence-corrected chi connectivity index (χ1v) is 8.02. The van der Waals surface area contributed by atoms with E-state index in [1.54, 1.807) is 0 Å². The van der Waals surface area contributed by atoms with Crippen LogP contribution in [0.2, 0.25) is 0 Å². The van der Waals surface area contributed by atoms with Crippen molar-refractivity contribution in [2.45, 2.75) is 44.9 Å². The number of rotatable bonds is 3. The average Bonchev–Trinajstić information content (AvgIpc) is 2.47. The van der Waals surface area contributed by atoms with Gasteiger partial charge >= 0.3 is 0 Å². The molecule has 0 saturated heterocycles. The molecule has 2 aromatic rings. The lowest BCUT2D eigenvalue weighted by Crippen LogP contribution is -2.20. The zero-order valence-corrected chi connectivity index (χ0v) is 13.1. The summed E-state index contributed by atoms with van der Waals surface area (Å²) in [6, 6.07) is 8.67. The molecular formula is C17H20N2OS. The third kappa shape index (κ3) is 2.86. The lowest BCUT2D eigenvalue weighted by atomic mass is 9.80. The highest BCUT2D eigenvalue weighted by atomic mass is 32.1. The van der Waals surface area contributed by atoms with Gasteiger partial charge in [-0.15, -0.1) is 0 Å². The largest absolute Gasteiger partial charge is 0.336 e. The van der Waals surface area contributed by atoms with Gasteiger partial charge in [-0.2, -0.15) is 0 Å². The zero-order valence-electron chi connectivity index (χ0n) is 12.2. The molecule has 0 spiro atoms. The van der Waals surface area contributed by atoms with Crippen LogP contribution in [0.1, 0.15) is 48.1 Å². The van der Waals surface area contributed by atoms with E-state index in [4.69, 9.17) is 12.2 Å². The minimum Gasteiger partial charge on any atom is -0.336 e. The molecular weight excluding hydrogens is 280 g/mol. The summed E-state index contributed by atoms with van der Waals surface area (Å²) in [4.78, 5) is 17.9. The molecule has 2 N–H and O–H groups in total. The number of hydrogen-bond acceptors (Lipinski definition) is 2. The smallest absolute Gasteiger partial charge is 0.255 e. The van der Waals surface area contributed by atoms with Gasteiger partial charge in [0.2, 0.25) is 0 Å². The van der Waals surface area contributed by atoms with Gasteiger partial charge in [0.15, 0.2) is 4.77 Å². The minimum absolute atomic E-state index is 0.0413. The molecule has 1 atom stereocenters. The first-order valence-electron chi connectivity index (χ1n) is 7.61. The number of aryl methyl sites for hydroxylation is 1. The van der Waals surface area contributed by atoms with Crippen molar-refractivity contribution in [1.82, 2.24) is 9.97 Å². The van der Waals surface area contributed by atoms with Crippen LogP contribution in [0.4, 0.5) is 0 Å². The highest BCUT2D eigenvalue weighted by molar-refractivity contribution is 7.71. The van der Waals surface area contributed by atoms with Crippen molar-refractivity contribution in [3.8, 4) is 0 Å². The minimum atomic E-state index is -0.0413. The van der Waals surface area contributed by atoms with Crippen LogP contribution in [0.5, 0.6) is 0 Å². The molecule has 1 heterocycles. The summed E-state index contributed by atoms with van der Waals surface area (Å²) in [5.41, 5.74) is 4.69. The van der Waals surface area contributed by atoms with Gasteiger partial charge in [0.25, 0.3) is 5.56 Å². The van der Waals surface area contributed by atoms with Gasteiger partial charge in [-0.1, -0.05) is 31.2 Å². The highest BCUT2D eigenvalue weighted by Crippen LogP contribution is 2.33. The zero-order chi connectivity index (χ0) is 14.8. The second kappa shape index (κ2) is 5.98. The Morgan fingerprint density at radius 2 is 2.10 bits per heavy atom. The Morgan fingerprint density at radius 1 is 1.29 bits per heavy atom. The molecule has 0 bridgehead atoms. The quantitative estimate of drug-likeness (QED) is 0.850. The first kappa shape index (κ1) is 14.3. The number of H-pyrrole nitrogens is 2. The Hall–Kier alpha value is -1.68. The van der Waals surface area contributed by atoms with Crippen LogP contribution in [-0.2, 0) is 19.3 Å². The molecule has 0 fully saturated rings. The van der Waals surface area contributed by atoms with Crippen LogP contribution in [0.15, 0.2) is 29.1 Å². The number of benzene rings is 1. The maximum absolute atomic E-state index is 12.0. The van der Waals surface area contributed by atoms with E-state index < -0.39 is 0 Å². The SMILES string of the molecule is CCc1c(CC2CCCc3ccccc32)[nH]c(=S)[nH]c1=O. The fraction of sp³-hybridized carbons (Fsp3) is 0.412. The van der Waals surface area contributed by atoms with Crippen LogP contribution in [0, 0.1) is 4.77 Å². The molecule has 0 aliphatic heterocycles. The Bertz CT molecular complexity index is 760. The van der Waals surface area contributed by atoms with E-state index in [2.05, 4.69) is 34.2 Å². The number of aromatic amines is 2. The molecule has 3 nitrogen and oxygen atoms in total. The summed E-state index contributed by atoms with van der Waals surface area (Å²) in [5.74, 6) is 0.479. The van der Waals surface area contributed by atoms with Gasteiger partial charge in [-0.25, -0.2) is 0 Å². The van der Waals surface area contributed by atoms with Gasteiger partial charge in [0.05, 0.1) is 0 Å². The van der Waals surface area contributed by atoms with Crippen molar-refractivity contribution < 1.29 is 0 Å². The monoisotopic (exact) mass is 300 g/mol. The highest BCUT2D eigenvalue weighted by Gasteiger charge is 2.21. The topological polar surface area (TPSA) is 48.6 Å². The van der Waals surface area contributed by atoms with Crippen LogP contribution in [-0.4, -0.2) is 9.97 Å². The van der Waals surface area contributed by atoms with E-state index >= 15 is 0 Å². The molecule has 1 aromatic carbocycles. The van der Waals surface area contributed by atoms with Gasteiger partial charge in [-0.3, -0.25) is 9.78 Å². The summed E-state index contributed by atoms with van der Waals surface area (Å²) in [6.45, 7) is 2.01. The van der Waals surface area contributed by atoms with E-state index in [0.717, 1.165) is 24.1 Å². The first-order chi connectivity index (χ1) is 10.2. The molecule has 21 heavy (non-hydrogen) atoms. The number of hydrogen-bond donors (Lipinski definition) is 2. The number of nitrogens with one attached hydrogen (secondary N) is 2. The summed E-state index contributed by atoms with van der Waals surface area (Å²) in [6.07, 6.45) is 5.15. The van der Waals surface area contributed by atoms with Crippen LogP contribution >= 0.6 is 12.2 Å². The molecule has 3 rings (SSSR count). The standard InChI is InChI=1S/C17H20N2OS/c1-2-13-15(18-17(21)19-16(13)20)10-12-8-5-7-11-6-3-4-9-14(11)12/h3-4,6,9,12H,2,5,7-8,10H2,1H3,(H2,18,19,20,21). The van der Waals surface area contributed by atoms with E-state index in [1.165, 1.54) is 30.4 Å². The molecule has 110 valence electrons. The Kier molecular flexibility index (Phi) is 4.06. The van der Waals surface area contributed by atoms with E-state index in [-0.39, 0.29) is 5.56 Å². The molecule has 0 radical (unpaired) electrons. The summed E-state index contributed by atoms with van der Waals surface area (Å²) in [5, 5.41) is 0. The van der Waals surface area contributed by atoms with Gasteiger partial charge < -0.3 is 4.98 Å². The van der Waals surface area contributed by atoms with Crippen LogP contribution in [0.25, 0.3) is 0 Å². The van der Waals surface area contributed by atoms with Gasteiger partial charge in [0.1, 0.15) is 0 Å². The Balaban J connectivity index is 1.99. The van der Waals surface area contributed by atoms with Crippen molar-refractivity contribution in [2.75, 3.05) is 0 Å². The van der Waals surface area contributed by atoms with Crippen molar-refractivity contribution in [3.63, 3.8) is 0 Å². The lowest BCUT2D eigenvalue weighted by molar-refractivity contribution is 0.542. The van der Waals surface area contributed by atoms with Gasteiger partial charge in [-0.05, 0) is 61.4 Å². The third-order valence-corrected chi connectivity index (χ3v) is 4.63. The maximum atomic E-state index is 12.0. The predicted octanol–water partition coefficient (Wildman–Crippen LogP) is 3.66. The van der Waals surface area contributed by atoms with Crippen molar-refractivity contribution in [3.05, 3.63) is 61.8 Å². The lowest BCUT2D eigenvalue weighted by Gasteiger charge is -2.26. The summed E-state index contributed by atoms with van der Waals surface area (Å²) in [7, 11) is 0. The van der Waals surface area contributed by atoms with Gasteiger partial charge in [0, 0.05) is 11.3 Å². The summed E-state index contributed by atoms with van der Waals surface area (Å²) < 4.78 is 0.427. The molecule has 4 heteroatoms. The van der Waals surface area contributed by atoms with Crippen molar-refractivity contribution >= 4 is 12.2 Å². The Morgan fingerprint density at radius 3 is 2.90 bits per heavy atom. The molecule has 0 saturated carbocycles. The molecule has 0 amide bonds. The fourth-order valence-corrected chi connectivity index (χ4v) is 3.64. The van der Waals surface area contributed by atoms with Crippen LogP contribution < -0.4 is 5.56 Å². The molecule has 1 aromatic heterocycles. The normalized spacial score (nSPS) is 17.5. The predicted molar refractivity (Wildman–Crippen MR) is 87.5 cm³/mol. The fourth-order valence-electron chi connectivity index (χ4n) is 3.42. The second-order valence-corrected chi connectivity index (χ2v) is 6.12. The molecule has 1 aliphatic rings. The van der Waals surface area contributed by atoms with E-state index in [9.17, 15) is 4.79 Å². The number of fused-ring (bicyclic) bond motifs is 1. The maximum Gasteiger partial charge on any atom is 0.255 e. The molecule has 1 aliphatic carbocycles. The summed E-state index contributed by atoms with van der Waals surface area (Å²) >= 11 is 5.13. The average molecular weight is 300 g/mol. The van der Waals surface area contributed by atoms with E-state index in [1.807, 2.05) is 6.92 Å². The third-order valence-electron chi connectivity index (χ3n) is 4.43.